The molecule has 0 aliphatic heterocycles. The molecule has 1 aliphatic rings. The molecule has 0 atom stereocenters. The van der Waals surface area contributed by atoms with Gasteiger partial charge in [-0.2, -0.15) is 13.2 Å². The summed E-state index contributed by atoms with van der Waals surface area (Å²) >= 11 is 0. The molecule has 0 spiro atoms. The third-order valence-electron chi connectivity index (χ3n) is 5.30. The molecule has 2 aromatic carbocycles. The maximum atomic E-state index is 13.2. The minimum Gasteiger partial charge on any atom is -0.331 e. The summed E-state index contributed by atoms with van der Waals surface area (Å²) in [5, 5.41) is 0. The van der Waals surface area contributed by atoms with Crippen molar-refractivity contribution in [1.82, 2.24) is 14.5 Å². The molecule has 8 heteroatoms. The van der Waals surface area contributed by atoms with E-state index in [1.54, 1.807) is 27.9 Å². The molecule has 1 aliphatic carbocycles. The van der Waals surface area contributed by atoms with Gasteiger partial charge in [0, 0.05) is 31.0 Å². The third kappa shape index (κ3) is 5.31. The lowest BCUT2D eigenvalue weighted by Gasteiger charge is -2.23. The number of amides is 1. The minimum absolute atomic E-state index is 0.210. The normalized spacial score (nSPS) is 13.9. The summed E-state index contributed by atoms with van der Waals surface area (Å²) in [6.07, 6.45) is 0.946. The lowest BCUT2D eigenvalue weighted by Crippen LogP contribution is -2.33. The van der Waals surface area contributed by atoms with E-state index in [9.17, 15) is 22.4 Å². The second-order valence-corrected chi connectivity index (χ2v) is 7.81. The first-order valence-electron chi connectivity index (χ1n) is 10.0. The summed E-state index contributed by atoms with van der Waals surface area (Å²) in [6.45, 7) is 0.993. The second kappa shape index (κ2) is 8.53. The Labute approximate surface area is 177 Å². The Kier molecular flexibility index (Phi) is 5.80. The van der Waals surface area contributed by atoms with Crippen molar-refractivity contribution >= 4 is 5.91 Å². The molecule has 0 saturated heterocycles. The number of halogens is 4. The molecule has 1 saturated carbocycles. The number of carbonyl (C=O) groups is 1. The molecule has 0 N–H and O–H groups in total. The van der Waals surface area contributed by atoms with Crippen molar-refractivity contribution in [1.29, 1.82) is 0 Å². The van der Waals surface area contributed by atoms with Gasteiger partial charge >= 0.3 is 6.18 Å². The van der Waals surface area contributed by atoms with Crippen LogP contribution in [0.2, 0.25) is 0 Å². The van der Waals surface area contributed by atoms with E-state index in [1.165, 1.54) is 30.3 Å². The van der Waals surface area contributed by atoms with Crippen molar-refractivity contribution in [2.75, 3.05) is 6.54 Å². The van der Waals surface area contributed by atoms with Crippen LogP contribution in [0.3, 0.4) is 0 Å². The molecule has 0 unspecified atom stereocenters. The third-order valence-corrected chi connectivity index (χ3v) is 5.30. The molecule has 3 aromatic rings. The highest BCUT2D eigenvalue weighted by molar-refractivity contribution is 5.94. The van der Waals surface area contributed by atoms with Gasteiger partial charge in [-0.15, -0.1) is 0 Å². The molecule has 4 rings (SSSR count). The Morgan fingerprint density at radius 3 is 2.55 bits per heavy atom. The van der Waals surface area contributed by atoms with E-state index in [-0.39, 0.29) is 19.0 Å². The Bertz CT molecular complexity index is 1060. The number of alkyl halides is 3. The van der Waals surface area contributed by atoms with Gasteiger partial charge < -0.3 is 9.47 Å². The zero-order chi connectivity index (χ0) is 22.0. The minimum atomic E-state index is -4.41. The highest BCUT2D eigenvalue weighted by Crippen LogP contribution is 2.31. The monoisotopic (exact) mass is 431 g/mol. The lowest BCUT2D eigenvalue weighted by molar-refractivity contribution is -0.137. The molecule has 1 heterocycles. The van der Waals surface area contributed by atoms with E-state index in [2.05, 4.69) is 4.98 Å². The standard InChI is InChI=1S/C23H21F4N3O/c24-20-8-6-18(7-9-20)22(31)30(13-16-4-5-16)15-21-28-10-11-29(21)14-17-2-1-3-19(12-17)23(25,26)27/h1-3,6-12,16H,4-5,13-15H2. The van der Waals surface area contributed by atoms with Crippen molar-refractivity contribution in [3.8, 4) is 0 Å². The zero-order valence-corrected chi connectivity index (χ0v) is 16.6. The van der Waals surface area contributed by atoms with E-state index >= 15 is 0 Å². The van der Waals surface area contributed by atoms with Crippen LogP contribution in [0.1, 0.15) is 40.2 Å². The van der Waals surface area contributed by atoms with Crippen LogP contribution in [-0.2, 0) is 19.3 Å². The van der Waals surface area contributed by atoms with Gasteiger partial charge in [0.25, 0.3) is 5.91 Å². The van der Waals surface area contributed by atoms with Crippen molar-refractivity contribution in [3.05, 3.63) is 89.3 Å². The highest BCUT2D eigenvalue weighted by atomic mass is 19.4. The predicted octanol–water partition coefficient (Wildman–Crippen LogP) is 5.14. The van der Waals surface area contributed by atoms with Gasteiger partial charge in [0.1, 0.15) is 11.6 Å². The van der Waals surface area contributed by atoms with E-state index < -0.39 is 17.6 Å². The summed E-state index contributed by atoms with van der Waals surface area (Å²) in [6, 6.07) is 10.6. The number of aromatic nitrogens is 2. The fraction of sp³-hybridized carbons (Fsp3) is 0.304. The number of carbonyl (C=O) groups excluding carboxylic acids is 1. The molecule has 162 valence electrons. The number of hydrogen-bond acceptors (Lipinski definition) is 2. The van der Waals surface area contributed by atoms with Gasteiger partial charge in [-0.25, -0.2) is 9.37 Å². The van der Waals surface area contributed by atoms with E-state index in [4.69, 9.17) is 0 Å². The molecule has 31 heavy (non-hydrogen) atoms. The molecule has 1 aromatic heterocycles. The van der Waals surface area contributed by atoms with E-state index in [0.717, 1.165) is 25.0 Å². The summed E-state index contributed by atoms with van der Waals surface area (Å²) in [5.74, 6) is 0.368. The number of nitrogens with zero attached hydrogens (tertiary/aromatic N) is 3. The summed E-state index contributed by atoms with van der Waals surface area (Å²) < 4.78 is 54.0. The average Bonchev–Trinajstić information content (AvgIpc) is 3.45. The number of rotatable bonds is 7. The van der Waals surface area contributed by atoms with Crippen LogP contribution in [0, 0.1) is 11.7 Å². The Morgan fingerprint density at radius 2 is 1.87 bits per heavy atom. The summed E-state index contributed by atoms with van der Waals surface area (Å²) in [7, 11) is 0. The number of benzene rings is 2. The van der Waals surface area contributed by atoms with Gasteiger partial charge in [0.05, 0.1) is 12.1 Å². The average molecular weight is 431 g/mol. The maximum absolute atomic E-state index is 13.2. The van der Waals surface area contributed by atoms with Crippen LogP contribution in [0.5, 0.6) is 0 Å². The van der Waals surface area contributed by atoms with Crippen LogP contribution >= 0.6 is 0 Å². The van der Waals surface area contributed by atoms with E-state index in [0.29, 0.717) is 29.4 Å². The molecule has 0 radical (unpaired) electrons. The first-order valence-corrected chi connectivity index (χ1v) is 10.0. The topological polar surface area (TPSA) is 38.1 Å². The predicted molar refractivity (Wildman–Crippen MR) is 107 cm³/mol. The maximum Gasteiger partial charge on any atom is 0.416 e. The number of hydrogen-bond donors (Lipinski definition) is 0. The van der Waals surface area contributed by atoms with Gasteiger partial charge in [-0.3, -0.25) is 4.79 Å². The van der Waals surface area contributed by atoms with Crippen LogP contribution in [0.25, 0.3) is 0 Å². The highest BCUT2D eigenvalue weighted by Gasteiger charge is 2.31. The van der Waals surface area contributed by atoms with Crippen molar-refractivity contribution in [2.45, 2.75) is 32.1 Å². The van der Waals surface area contributed by atoms with Crippen molar-refractivity contribution < 1.29 is 22.4 Å². The van der Waals surface area contributed by atoms with Crippen LogP contribution in [0.4, 0.5) is 17.6 Å². The largest absolute Gasteiger partial charge is 0.416 e. The first kappa shape index (κ1) is 21.1. The summed E-state index contributed by atoms with van der Waals surface area (Å²) in [4.78, 5) is 19.0. The van der Waals surface area contributed by atoms with Crippen molar-refractivity contribution in [2.24, 2.45) is 5.92 Å². The smallest absolute Gasteiger partial charge is 0.331 e. The molecule has 1 amide bonds. The van der Waals surface area contributed by atoms with E-state index in [1.807, 2.05) is 0 Å². The molecule has 4 nitrogen and oxygen atoms in total. The molecular formula is C23H21F4N3O. The first-order chi connectivity index (χ1) is 14.8. The fourth-order valence-electron chi connectivity index (χ4n) is 3.46. The summed E-state index contributed by atoms with van der Waals surface area (Å²) in [5.41, 5.74) is 0.180. The Balaban J connectivity index is 1.53. The molecular weight excluding hydrogens is 410 g/mol. The Hall–Kier alpha value is -3.16. The lowest BCUT2D eigenvalue weighted by atomic mass is 10.1. The fourth-order valence-corrected chi connectivity index (χ4v) is 3.46. The van der Waals surface area contributed by atoms with Gasteiger partial charge in [-0.1, -0.05) is 12.1 Å². The second-order valence-electron chi connectivity index (χ2n) is 7.81. The Morgan fingerprint density at radius 1 is 1.13 bits per heavy atom. The van der Waals surface area contributed by atoms with Crippen LogP contribution in [0.15, 0.2) is 60.9 Å². The SMILES string of the molecule is O=C(c1ccc(F)cc1)N(Cc1nccn1Cc1cccc(C(F)(F)F)c1)CC1CC1. The molecule has 0 bridgehead atoms. The van der Waals surface area contributed by atoms with Gasteiger partial charge in [-0.05, 0) is 60.7 Å². The van der Waals surface area contributed by atoms with Crippen molar-refractivity contribution in [3.63, 3.8) is 0 Å². The number of imidazole rings is 1. The quantitative estimate of drug-likeness (QED) is 0.486. The zero-order valence-electron chi connectivity index (χ0n) is 16.6. The van der Waals surface area contributed by atoms with Crippen LogP contribution < -0.4 is 0 Å². The molecule has 1 fully saturated rings. The van der Waals surface area contributed by atoms with Crippen LogP contribution in [-0.4, -0.2) is 26.9 Å². The van der Waals surface area contributed by atoms with Gasteiger partial charge in [0.15, 0.2) is 0 Å². The van der Waals surface area contributed by atoms with Gasteiger partial charge in [0.2, 0.25) is 0 Å².